The molecule has 3 aliphatic heterocycles. The highest BCUT2D eigenvalue weighted by Crippen LogP contribution is 2.40. The second kappa shape index (κ2) is 7.31. The fourth-order valence-corrected chi connectivity index (χ4v) is 4.84. The van der Waals surface area contributed by atoms with E-state index in [1.54, 1.807) is 0 Å². The Morgan fingerprint density at radius 1 is 1.23 bits per heavy atom. The Hall–Kier alpha value is -1.40. The average Bonchev–Trinajstić information content (AvgIpc) is 3.24. The summed E-state index contributed by atoms with van der Waals surface area (Å²) in [6.07, 6.45) is 9.60. The zero-order chi connectivity index (χ0) is 18.1. The predicted octanol–water partition coefficient (Wildman–Crippen LogP) is 2.15. The van der Waals surface area contributed by atoms with Gasteiger partial charge in [0, 0.05) is 32.0 Å². The van der Waals surface area contributed by atoms with Crippen LogP contribution in [0.15, 0.2) is 12.2 Å². The topological polar surface area (TPSA) is 59.1 Å². The first-order valence-corrected chi connectivity index (χ1v) is 10.1. The minimum Gasteiger partial charge on any atom is -0.376 e. The van der Waals surface area contributed by atoms with Gasteiger partial charge in [-0.15, -0.1) is 0 Å². The summed E-state index contributed by atoms with van der Waals surface area (Å²) in [6, 6.07) is 0. The molecule has 144 valence electrons. The first-order valence-electron chi connectivity index (χ1n) is 10.1. The minimum atomic E-state index is -0.277. The molecule has 1 aliphatic carbocycles. The van der Waals surface area contributed by atoms with Crippen molar-refractivity contribution in [2.24, 2.45) is 17.3 Å². The summed E-state index contributed by atoms with van der Waals surface area (Å²) >= 11 is 0. The molecule has 4 aliphatic rings. The number of amides is 2. The maximum atomic E-state index is 13.1. The number of ether oxygens (including phenoxy) is 1. The lowest BCUT2D eigenvalue weighted by molar-refractivity contribution is -0.198. The van der Waals surface area contributed by atoms with E-state index in [-0.39, 0.29) is 35.2 Å². The third kappa shape index (κ3) is 3.41. The van der Waals surface area contributed by atoms with Crippen LogP contribution in [0.2, 0.25) is 0 Å². The van der Waals surface area contributed by atoms with Crippen LogP contribution in [0.3, 0.4) is 0 Å². The van der Waals surface area contributed by atoms with Gasteiger partial charge in [-0.1, -0.05) is 19.1 Å². The Morgan fingerprint density at radius 3 is 2.85 bits per heavy atom. The highest BCUT2D eigenvalue weighted by molar-refractivity contribution is 5.83. The van der Waals surface area contributed by atoms with E-state index in [9.17, 15) is 9.59 Å². The van der Waals surface area contributed by atoms with E-state index in [4.69, 9.17) is 9.57 Å². The number of fused-ring (bicyclic) bond motifs is 1. The Morgan fingerprint density at radius 2 is 2.12 bits per heavy atom. The van der Waals surface area contributed by atoms with Crippen molar-refractivity contribution >= 4 is 11.8 Å². The Balaban J connectivity index is 1.35. The third-order valence-corrected chi connectivity index (χ3v) is 6.56. The van der Waals surface area contributed by atoms with Crippen molar-refractivity contribution in [3.8, 4) is 0 Å². The van der Waals surface area contributed by atoms with Gasteiger partial charge in [0.2, 0.25) is 11.8 Å². The van der Waals surface area contributed by atoms with Gasteiger partial charge in [0.15, 0.2) is 0 Å². The van der Waals surface area contributed by atoms with Crippen LogP contribution in [0.1, 0.15) is 45.4 Å². The quantitative estimate of drug-likeness (QED) is 0.722. The fourth-order valence-electron chi connectivity index (χ4n) is 4.84. The molecule has 0 aromatic heterocycles. The first-order chi connectivity index (χ1) is 12.6. The van der Waals surface area contributed by atoms with Crippen molar-refractivity contribution in [2.45, 2.75) is 51.6 Å². The molecule has 0 bridgehead atoms. The monoisotopic (exact) mass is 362 g/mol. The number of allylic oxidation sites excluding steroid dienone is 2. The van der Waals surface area contributed by atoms with Crippen molar-refractivity contribution < 1.29 is 19.2 Å². The van der Waals surface area contributed by atoms with Crippen molar-refractivity contribution in [2.75, 3.05) is 32.8 Å². The van der Waals surface area contributed by atoms with Crippen molar-refractivity contribution in [1.29, 1.82) is 0 Å². The molecule has 4 rings (SSSR count). The van der Waals surface area contributed by atoms with Crippen LogP contribution >= 0.6 is 0 Å². The molecule has 26 heavy (non-hydrogen) atoms. The van der Waals surface area contributed by atoms with E-state index < -0.39 is 0 Å². The molecule has 3 saturated heterocycles. The van der Waals surface area contributed by atoms with Gasteiger partial charge in [0.05, 0.1) is 24.7 Å². The second-order valence-corrected chi connectivity index (χ2v) is 8.52. The number of hydrogen-bond acceptors (Lipinski definition) is 4. The highest BCUT2D eigenvalue weighted by Gasteiger charge is 2.48. The second-order valence-electron chi connectivity index (χ2n) is 8.52. The molecule has 0 aromatic carbocycles. The molecule has 0 saturated carbocycles. The Bertz CT molecular complexity index is 586. The van der Waals surface area contributed by atoms with Gasteiger partial charge < -0.3 is 9.64 Å². The number of carbonyl (C=O) groups excluding carboxylic acids is 2. The van der Waals surface area contributed by atoms with Crippen LogP contribution in [-0.2, 0) is 19.2 Å². The molecular formula is C20H30N2O4. The number of rotatable bonds is 3. The summed E-state index contributed by atoms with van der Waals surface area (Å²) in [5, 5.41) is 1.53. The standard InChI is InChI=1S/C20H30N2O4/c1-20(7-3-2-4-8-20)19(24)21-12-16-15(14-25-17(16)13-21)11-18(23)22-9-5-6-10-26-22/h2-3,15-17H,4-14H2,1H3/t15-,16-,17-,20?/m1/s1. The Kier molecular flexibility index (Phi) is 5.06. The highest BCUT2D eigenvalue weighted by atomic mass is 16.7. The number of hydrogen-bond donors (Lipinski definition) is 0. The maximum absolute atomic E-state index is 13.1. The summed E-state index contributed by atoms with van der Waals surface area (Å²) in [6.45, 7) is 5.43. The van der Waals surface area contributed by atoms with Crippen LogP contribution in [0, 0.1) is 17.3 Å². The largest absolute Gasteiger partial charge is 0.376 e. The number of likely N-dealkylation sites (tertiary alicyclic amines) is 1. The van der Waals surface area contributed by atoms with E-state index in [1.807, 2.05) is 4.90 Å². The zero-order valence-corrected chi connectivity index (χ0v) is 15.7. The normalized spacial score (nSPS) is 37.0. The van der Waals surface area contributed by atoms with Gasteiger partial charge in [0.25, 0.3) is 0 Å². The lowest BCUT2D eigenvalue weighted by Crippen LogP contribution is -2.43. The van der Waals surface area contributed by atoms with Crippen LogP contribution < -0.4 is 0 Å². The van der Waals surface area contributed by atoms with E-state index >= 15 is 0 Å². The van der Waals surface area contributed by atoms with Crippen LogP contribution in [0.25, 0.3) is 0 Å². The third-order valence-electron chi connectivity index (χ3n) is 6.56. The molecule has 0 radical (unpaired) electrons. The molecule has 3 fully saturated rings. The lowest BCUT2D eigenvalue weighted by atomic mass is 9.77. The van der Waals surface area contributed by atoms with Crippen molar-refractivity contribution in [3.63, 3.8) is 0 Å². The SMILES string of the molecule is CC1(C(=O)N2C[C@@H]3[C@H](CC(=O)N4CCCCO4)CO[C@@H]3C2)CC=CCC1. The first kappa shape index (κ1) is 18.0. The zero-order valence-electron chi connectivity index (χ0n) is 15.7. The minimum absolute atomic E-state index is 0.0631. The van der Waals surface area contributed by atoms with Crippen molar-refractivity contribution in [3.05, 3.63) is 12.2 Å². The number of carbonyl (C=O) groups is 2. The fraction of sp³-hybridized carbons (Fsp3) is 0.800. The molecule has 1 unspecified atom stereocenters. The smallest absolute Gasteiger partial charge is 0.246 e. The van der Waals surface area contributed by atoms with Crippen LogP contribution in [0.5, 0.6) is 0 Å². The van der Waals surface area contributed by atoms with Crippen LogP contribution in [0.4, 0.5) is 0 Å². The molecule has 0 aromatic rings. The summed E-state index contributed by atoms with van der Waals surface area (Å²) in [4.78, 5) is 33.1. The maximum Gasteiger partial charge on any atom is 0.246 e. The molecule has 6 heteroatoms. The van der Waals surface area contributed by atoms with E-state index in [0.29, 0.717) is 32.7 Å². The average molecular weight is 362 g/mol. The van der Waals surface area contributed by atoms with Gasteiger partial charge in [0.1, 0.15) is 0 Å². The van der Waals surface area contributed by atoms with Crippen molar-refractivity contribution in [1.82, 2.24) is 9.96 Å². The van der Waals surface area contributed by atoms with E-state index in [0.717, 1.165) is 38.6 Å². The molecule has 4 atom stereocenters. The van der Waals surface area contributed by atoms with Gasteiger partial charge in [-0.2, -0.15) is 0 Å². The number of nitrogens with zero attached hydrogens (tertiary/aromatic N) is 2. The summed E-state index contributed by atoms with van der Waals surface area (Å²) < 4.78 is 5.96. The summed E-state index contributed by atoms with van der Waals surface area (Å²) in [5.74, 6) is 0.780. The molecule has 3 heterocycles. The van der Waals surface area contributed by atoms with Gasteiger partial charge in [-0.25, -0.2) is 5.06 Å². The summed E-state index contributed by atoms with van der Waals surface area (Å²) in [7, 11) is 0. The van der Waals surface area contributed by atoms with Crippen LogP contribution in [-0.4, -0.2) is 60.7 Å². The molecule has 0 spiro atoms. The number of hydroxylamine groups is 2. The lowest BCUT2D eigenvalue weighted by Gasteiger charge is -2.34. The molecule has 6 nitrogen and oxygen atoms in total. The van der Waals surface area contributed by atoms with Gasteiger partial charge >= 0.3 is 0 Å². The van der Waals surface area contributed by atoms with E-state index in [2.05, 4.69) is 19.1 Å². The Labute approximate surface area is 155 Å². The molecule has 0 N–H and O–H groups in total. The van der Waals surface area contributed by atoms with E-state index in [1.165, 1.54) is 5.06 Å². The van der Waals surface area contributed by atoms with Gasteiger partial charge in [-0.05, 0) is 38.0 Å². The predicted molar refractivity (Wildman–Crippen MR) is 95.9 cm³/mol. The van der Waals surface area contributed by atoms with Gasteiger partial charge in [-0.3, -0.25) is 14.4 Å². The molecular weight excluding hydrogens is 332 g/mol. The summed E-state index contributed by atoms with van der Waals surface area (Å²) in [5.41, 5.74) is -0.277. The molecule has 2 amide bonds.